The van der Waals surface area contributed by atoms with Gasteiger partial charge in [-0.3, -0.25) is 4.79 Å². The Labute approximate surface area is 138 Å². The van der Waals surface area contributed by atoms with Gasteiger partial charge in [-0.1, -0.05) is 12.1 Å². The molecule has 0 radical (unpaired) electrons. The molecule has 0 bridgehead atoms. The Morgan fingerprint density at radius 2 is 2.00 bits per heavy atom. The zero-order valence-electron chi connectivity index (χ0n) is 12.7. The van der Waals surface area contributed by atoms with Gasteiger partial charge in [-0.15, -0.1) is 12.4 Å². The summed E-state index contributed by atoms with van der Waals surface area (Å²) in [4.78, 5) is 11.9. The van der Waals surface area contributed by atoms with Gasteiger partial charge in [-0.2, -0.15) is 0 Å². The number of anilines is 1. The zero-order valence-corrected chi connectivity index (χ0v) is 14.3. The van der Waals surface area contributed by atoms with Crippen LogP contribution in [-0.4, -0.2) is 33.7 Å². The Hall–Kier alpha value is -1.11. The standard InChI is InChI=1S/C15H22N2O3S.ClH/c1-21(19,20)11-13-2-5-14(6-3-13)17-15(18)7-4-12-8-9-16-10-12;/h2-3,5-6,12,16H,4,7-11H2,1H3,(H,17,18);1H. The highest BCUT2D eigenvalue weighted by molar-refractivity contribution is 7.89. The number of nitrogens with one attached hydrogen (secondary N) is 2. The predicted molar refractivity (Wildman–Crippen MR) is 91.1 cm³/mol. The van der Waals surface area contributed by atoms with Gasteiger partial charge in [0.05, 0.1) is 5.75 Å². The molecule has 1 unspecified atom stereocenters. The fourth-order valence-corrected chi connectivity index (χ4v) is 3.30. The summed E-state index contributed by atoms with van der Waals surface area (Å²) in [7, 11) is -3.02. The van der Waals surface area contributed by atoms with Crippen molar-refractivity contribution < 1.29 is 13.2 Å². The summed E-state index contributed by atoms with van der Waals surface area (Å²) in [5, 5.41) is 6.14. The van der Waals surface area contributed by atoms with Crippen molar-refractivity contribution in [2.24, 2.45) is 5.92 Å². The van der Waals surface area contributed by atoms with Gasteiger partial charge in [0.1, 0.15) is 0 Å². The molecule has 1 aliphatic rings. The highest BCUT2D eigenvalue weighted by Gasteiger charge is 2.15. The fourth-order valence-electron chi connectivity index (χ4n) is 2.51. The van der Waals surface area contributed by atoms with E-state index in [1.807, 2.05) is 0 Å². The number of hydrogen-bond acceptors (Lipinski definition) is 4. The average molecular weight is 347 g/mol. The highest BCUT2D eigenvalue weighted by Crippen LogP contribution is 2.16. The fraction of sp³-hybridized carbons (Fsp3) is 0.533. The predicted octanol–water partition coefficient (Wildman–Crippen LogP) is 1.98. The molecule has 1 atom stereocenters. The first-order valence-electron chi connectivity index (χ1n) is 7.19. The Kier molecular flexibility index (Phi) is 7.32. The molecule has 1 fully saturated rings. The molecule has 0 aromatic heterocycles. The van der Waals surface area contributed by atoms with E-state index >= 15 is 0 Å². The summed E-state index contributed by atoms with van der Waals surface area (Å²) in [6, 6.07) is 6.96. The highest BCUT2D eigenvalue weighted by atomic mass is 35.5. The average Bonchev–Trinajstić information content (AvgIpc) is 2.90. The molecule has 1 saturated heterocycles. The molecular formula is C15H23ClN2O3S. The van der Waals surface area contributed by atoms with E-state index in [-0.39, 0.29) is 24.1 Å². The van der Waals surface area contributed by atoms with Crippen LogP contribution in [0.5, 0.6) is 0 Å². The number of amides is 1. The Balaban J connectivity index is 0.00000242. The maximum absolute atomic E-state index is 11.9. The van der Waals surface area contributed by atoms with Crippen molar-refractivity contribution >= 4 is 33.8 Å². The molecule has 1 aliphatic heterocycles. The molecule has 124 valence electrons. The maximum Gasteiger partial charge on any atom is 0.224 e. The van der Waals surface area contributed by atoms with Crippen LogP contribution in [0.1, 0.15) is 24.8 Å². The van der Waals surface area contributed by atoms with Crippen LogP contribution in [0.2, 0.25) is 0 Å². The Morgan fingerprint density at radius 3 is 2.55 bits per heavy atom. The van der Waals surface area contributed by atoms with Crippen LogP contribution < -0.4 is 10.6 Å². The molecule has 5 nitrogen and oxygen atoms in total. The molecule has 7 heteroatoms. The van der Waals surface area contributed by atoms with Crippen LogP contribution in [-0.2, 0) is 20.4 Å². The Morgan fingerprint density at radius 1 is 1.32 bits per heavy atom. The lowest BCUT2D eigenvalue weighted by atomic mass is 10.0. The first kappa shape index (κ1) is 18.9. The molecule has 1 aromatic carbocycles. The van der Waals surface area contributed by atoms with Gasteiger partial charge in [0.25, 0.3) is 0 Å². The van der Waals surface area contributed by atoms with Crippen LogP contribution >= 0.6 is 12.4 Å². The lowest BCUT2D eigenvalue weighted by Gasteiger charge is -2.09. The van der Waals surface area contributed by atoms with Gasteiger partial charge in [-0.25, -0.2) is 8.42 Å². The quantitative estimate of drug-likeness (QED) is 0.826. The first-order chi connectivity index (χ1) is 9.92. The molecule has 0 spiro atoms. The number of hydrogen-bond donors (Lipinski definition) is 2. The van der Waals surface area contributed by atoms with E-state index in [1.165, 1.54) is 6.26 Å². The molecule has 0 aliphatic carbocycles. The van der Waals surface area contributed by atoms with Crippen LogP contribution in [0.15, 0.2) is 24.3 Å². The van der Waals surface area contributed by atoms with Crippen molar-refractivity contribution in [2.75, 3.05) is 24.7 Å². The molecular weight excluding hydrogens is 324 g/mol. The van der Waals surface area contributed by atoms with E-state index in [1.54, 1.807) is 24.3 Å². The molecule has 1 amide bonds. The number of carbonyl (C=O) groups is 1. The minimum absolute atomic E-state index is 0. The molecule has 0 saturated carbocycles. The second-order valence-corrected chi connectivity index (χ2v) is 7.85. The minimum atomic E-state index is -3.02. The van der Waals surface area contributed by atoms with Gasteiger partial charge < -0.3 is 10.6 Å². The molecule has 2 rings (SSSR count). The number of halogens is 1. The summed E-state index contributed by atoms with van der Waals surface area (Å²) >= 11 is 0. The van der Waals surface area contributed by atoms with Gasteiger partial charge in [0, 0.05) is 18.4 Å². The van der Waals surface area contributed by atoms with Gasteiger partial charge in [0.2, 0.25) is 5.91 Å². The second-order valence-electron chi connectivity index (χ2n) is 5.71. The van der Waals surface area contributed by atoms with Crippen molar-refractivity contribution in [1.29, 1.82) is 0 Å². The van der Waals surface area contributed by atoms with Gasteiger partial charge in [-0.05, 0) is 49.5 Å². The molecule has 1 aromatic rings. The normalized spacial score (nSPS) is 17.8. The van der Waals surface area contributed by atoms with E-state index in [0.29, 0.717) is 18.0 Å². The van der Waals surface area contributed by atoms with Crippen molar-refractivity contribution in [1.82, 2.24) is 5.32 Å². The number of benzene rings is 1. The lowest BCUT2D eigenvalue weighted by Crippen LogP contribution is -2.15. The van der Waals surface area contributed by atoms with Gasteiger partial charge in [0.15, 0.2) is 9.84 Å². The van der Waals surface area contributed by atoms with E-state index in [2.05, 4.69) is 10.6 Å². The third-order valence-electron chi connectivity index (χ3n) is 3.61. The van der Waals surface area contributed by atoms with Crippen molar-refractivity contribution in [3.63, 3.8) is 0 Å². The second kappa shape index (κ2) is 8.50. The van der Waals surface area contributed by atoms with Crippen molar-refractivity contribution in [3.05, 3.63) is 29.8 Å². The van der Waals surface area contributed by atoms with E-state index < -0.39 is 9.84 Å². The van der Waals surface area contributed by atoms with Crippen LogP contribution in [0.3, 0.4) is 0 Å². The third kappa shape index (κ3) is 6.77. The van der Waals surface area contributed by atoms with Crippen LogP contribution in [0.25, 0.3) is 0 Å². The SMILES string of the molecule is CS(=O)(=O)Cc1ccc(NC(=O)CCC2CCNC2)cc1.Cl. The third-order valence-corrected chi connectivity index (χ3v) is 4.47. The Bertz CT molecular complexity index is 581. The monoisotopic (exact) mass is 346 g/mol. The summed E-state index contributed by atoms with van der Waals surface area (Å²) in [6.45, 7) is 2.06. The van der Waals surface area contributed by atoms with Crippen molar-refractivity contribution in [3.8, 4) is 0 Å². The maximum atomic E-state index is 11.9. The minimum Gasteiger partial charge on any atom is -0.326 e. The van der Waals surface area contributed by atoms with E-state index in [9.17, 15) is 13.2 Å². The molecule has 2 N–H and O–H groups in total. The number of rotatable bonds is 6. The molecule has 22 heavy (non-hydrogen) atoms. The zero-order chi connectivity index (χ0) is 15.3. The number of sulfone groups is 1. The van der Waals surface area contributed by atoms with E-state index in [4.69, 9.17) is 0 Å². The topological polar surface area (TPSA) is 75.3 Å². The summed E-state index contributed by atoms with van der Waals surface area (Å²) in [5.74, 6) is 0.640. The van der Waals surface area contributed by atoms with Gasteiger partial charge >= 0.3 is 0 Å². The number of carbonyl (C=O) groups excluding carboxylic acids is 1. The van der Waals surface area contributed by atoms with Crippen LogP contribution in [0, 0.1) is 5.92 Å². The van der Waals surface area contributed by atoms with Crippen molar-refractivity contribution in [2.45, 2.75) is 25.0 Å². The summed E-state index contributed by atoms with van der Waals surface area (Å²) < 4.78 is 22.4. The smallest absolute Gasteiger partial charge is 0.224 e. The van der Waals surface area contributed by atoms with Crippen LogP contribution in [0.4, 0.5) is 5.69 Å². The lowest BCUT2D eigenvalue weighted by molar-refractivity contribution is -0.116. The largest absolute Gasteiger partial charge is 0.326 e. The summed E-state index contributed by atoms with van der Waals surface area (Å²) in [6.07, 6.45) is 3.79. The first-order valence-corrected chi connectivity index (χ1v) is 9.26. The summed E-state index contributed by atoms with van der Waals surface area (Å²) in [5.41, 5.74) is 1.44. The van der Waals surface area contributed by atoms with E-state index in [0.717, 1.165) is 31.5 Å². The molecule has 1 heterocycles.